The van der Waals surface area contributed by atoms with Gasteiger partial charge in [0.05, 0.1) is 20.3 Å². The number of rotatable bonds is 7. The number of ether oxygens (including phenoxy) is 2. The molecule has 0 bridgehead atoms. The first kappa shape index (κ1) is 17.5. The van der Waals surface area contributed by atoms with Gasteiger partial charge in [-0.3, -0.25) is 0 Å². The average molecular weight is 266 g/mol. The van der Waals surface area contributed by atoms with Crippen LogP contribution >= 0.6 is 0 Å². The minimum absolute atomic E-state index is 0.0287. The molecule has 3 heteroatoms. The summed E-state index contributed by atoms with van der Waals surface area (Å²) in [5.41, 5.74) is 1.93. The predicted molar refractivity (Wildman–Crippen MR) is 79.8 cm³/mol. The number of aliphatic hydroxyl groups excluding tert-OH is 1. The molecule has 0 aromatic heterocycles. The highest BCUT2D eigenvalue weighted by Gasteiger charge is 2.03. The third-order valence-electron chi connectivity index (χ3n) is 2.45. The summed E-state index contributed by atoms with van der Waals surface area (Å²) in [5.74, 6) is 1.42. The molecule has 1 N–H and O–H groups in total. The average Bonchev–Trinajstić information content (AvgIpc) is 2.45. The molecule has 0 saturated heterocycles. The predicted octanol–water partition coefficient (Wildman–Crippen LogP) is 3.95. The summed E-state index contributed by atoms with van der Waals surface area (Å²) in [6.07, 6.45) is 1.94. The SMILES string of the molecule is C=C(C)CCCOc1ccc(CO)c(OC)c1.CC. The zero-order valence-corrected chi connectivity index (χ0v) is 12.5. The van der Waals surface area contributed by atoms with Gasteiger partial charge in [0.25, 0.3) is 0 Å². The van der Waals surface area contributed by atoms with Crippen molar-refractivity contribution in [2.45, 2.75) is 40.2 Å². The van der Waals surface area contributed by atoms with E-state index in [1.54, 1.807) is 13.2 Å². The third kappa shape index (κ3) is 6.87. The molecule has 1 rings (SSSR count). The second-order valence-electron chi connectivity index (χ2n) is 4.04. The van der Waals surface area contributed by atoms with Crippen molar-refractivity contribution in [3.05, 3.63) is 35.9 Å². The van der Waals surface area contributed by atoms with E-state index < -0.39 is 0 Å². The summed E-state index contributed by atoms with van der Waals surface area (Å²) in [6.45, 7) is 10.5. The van der Waals surface area contributed by atoms with E-state index in [2.05, 4.69) is 6.58 Å². The van der Waals surface area contributed by atoms with E-state index in [9.17, 15) is 0 Å². The highest BCUT2D eigenvalue weighted by Crippen LogP contribution is 2.24. The Morgan fingerprint density at radius 1 is 1.32 bits per heavy atom. The fourth-order valence-electron chi connectivity index (χ4n) is 1.51. The fraction of sp³-hybridized carbons (Fsp3) is 0.500. The Morgan fingerprint density at radius 3 is 2.53 bits per heavy atom. The topological polar surface area (TPSA) is 38.7 Å². The molecular weight excluding hydrogens is 240 g/mol. The van der Waals surface area contributed by atoms with Crippen LogP contribution in [0, 0.1) is 0 Å². The Balaban J connectivity index is 0.00000154. The minimum atomic E-state index is -0.0287. The first-order valence-electron chi connectivity index (χ1n) is 6.72. The Morgan fingerprint density at radius 2 is 2.00 bits per heavy atom. The van der Waals surface area contributed by atoms with Gasteiger partial charge in [-0.25, -0.2) is 0 Å². The second kappa shape index (κ2) is 10.4. The number of hydrogen-bond donors (Lipinski definition) is 1. The van der Waals surface area contributed by atoms with Crippen molar-refractivity contribution in [1.29, 1.82) is 0 Å². The molecule has 1 aromatic rings. The van der Waals surface area contributed by atoms with E-state index in [1.807, 2.05) is 32.9 Å². The molecule has 0 atom stereocenters. The van der Waals surface area contributed by atoms with Crippen LogP contribution in [-0.4, -0.2) is 18.8 Å². The van der Waals surface area contributed by atoms with Gasteiger partial charge >= 0.3 is 0 Å². The summed E-state index contributed by atoms with van der Waals surface area (Å²) in [5, 5.41) is 9.09. The van der Waals surface area contributed by atoms with Gasteiger partial charge in [0.15, 0.2) is 0 Å². The Bertz CT molecular complexity index is 372. The molecule has 19 heavy (non-hydrogen) atoms. The van der Waals surface area contributed by atoms with Crippen LogP contribution in [0.1, 0.15) is 39.2 Å². The number of methoxy groups -OCH3 is 1. The number of benzene rings is 1. The second-order valence-corrected chi connectivity index (χ2v) is 4.04. The molecule has 0 aliphatic rings. The van der Waals surface area contributed by atoms with Crippen molar-refractivity contribution < 1.29 is 14.6 Å². The van der Waals surface area contributed by atoms with Gasteiger partial charge in [-0.15, -0.1) is 6.58 Å². The summed E-state index contributed by atoms with van der Waals surface area (Å²) in [6, 6.07) is 5.45. The molecule has 0 aliphatic carbocycles. The molecule has 0 unspecified atom stereocenters. The molecule has 1 aromatic carbocycles. The van der Waals surface area contributed by atoms with Gasteiger partial charge in [-0.1, -0.05) is 19.4 Å². The van der Waals surface area contributed by atoms with Crippen LogP contribution in [-0.2, 0) is 6.61 Å². The van der Waals surface area contributed by atoms with Crippen LogP contribution in [0.5, 0.6) is 11.5 Å². The normalized spacial score (nSPS) is 9.32. The Hall–Kier alpha value is -1.48. The monoisotopic (exact) mass is 266 g/mol. The van der Waals surface area contributed by atoms with Crippen molar-refractivity contribution in [3.8, 4) is 11.5 Å². The zero-order chi connectivity index (χ0) is 14.7. The lowest BCUT2D eigenvalue weighted by Crippen LogP contribution is -1.99. The molecule has 0 heterocycles. The highest BCUT2D eigenvalue weighted by atomic mass is 16.5. The molecule has 0 amide bonds. The van der Waals surface area contributed by atoms with Crippen molar-refractivity contribution in [2.75, 3.05) is 13.7 Å². The van der Waals surface area contributed by atoms with E-state index in [0.717, 1.165) is 24.2 Å². The maximum absolute atomic E-state index is 9.09. The zero-order valence-electron chi connectivity index (χ0n) is 12.5. The molecule has 0 spiro atoms. The molecule has 0 aliphatic heterocycles. The first-order chi connectivity index (χ1) is 9.17. The van der Waals surface area contributed by atoms with E-state index in [4.69, 9.17) is 14.6 Å². The van der Waals surface area contributed by atoms with E-state index in [0.29, 0.717) is 12.4 Å². The number of hydrogen-bond acceptors (Lipinski definition) is 3. The smallest absolute Gasteiger partial charge is 0.128 e. The van der Waals surface area contributed by atoms with Gasteiger partial charge < -0.3 is 14.6 Å². The van der Waals surface area contributed by atoms with Crippen molar-refractivity contribution in [2.24, 2.45) is 0 Å². The van der Waals surface area contributed by atoms with E-state index in [1.165, 1.54) is 5.57 Å². The van der Waals surface area contributed by atoms with E-state index in [-0.39, 0.29) is 6.61 Å². The molecule has 0 fully saturated rings. The van der Waals surface area contributed by atoms with Crippen LogP contribution in [0.3, 0.4) is 0 Å². The number of allylic oxidation sites excluding steroid dienone is 1. The largest absolute Gasteiger partial charge is 0.496 e. The molecular formula is C16H26O3. The van der Waals surface area contributed by atoms with Crippen LogP contribution in [0.2, 0.25) is 0 Å². The highest BCUT2D eigenvalue weighted by molar-refractivity contribution is 5.40. The summed E-state index contributed by atoms with van der Waals surface area (Å²) in [7, 11) is 1.58. The Kier molecular flexibility index (Phi) is 9.63. The van der Waals surface area contributed by atoms with Crippen molar-refractivity contribution >= 4 is 0 Å². The van der Waals surface area contributed by atoms with Gasteiger partial charge in [-0.2, -0.15) is 0 Å². The number of aliphatic hydroxyl groups is 1. The van der Waals surface area contributed by atoms with Crippen molar-refractivity contribution in [3.63, 3.8) is 0 Å². The van der Waals surface area contributed by atoms with Gasteiger partial charge in [0.1, 0.15) is 11.5 Å². The summed E-state index contributed by atoms with van der Waals surface area (Å²) < 4.78 is 10.8. The van der Waals surface area contributed by atoms with Crippen LogP contribution < -0.4 is 9.47 Å². The molecule has 3 nitrogen and oxygen atoms in total. The summed E-state index contributed by atoms with van der Waals surface area (Å²) in [4.78, 5) is 0. The minimum Gasteiger partial charge on any atom is -0.496 e. The van der Waals surface area contributed by atoms with Crippen LogP contribution in [0.4, 0.5) is 0 Å². The standard InChI is InChI=1S/C14H20O3.C2H6/c1-11(2)5-4-8-17-13-7-6-12(10-15)14(9-13)16-3;1-2/h6-7,9,15H,1,4-5,8,10H2,2-3H3;1-2H3. The molecule has 0 saturated carbocycles. The van der Waals surface area contributed by atoms with Crippen LogP contribution in [0.15, 0.2) is 30.4 Å². The third-order valence-corrected chi connectivity index (χ3v) is 2.45. The maximum atomic E-state index is 9.09. The molecule has 0 radical (unpaired) electrons. The summed E-state index contributed by atoms with van der Waals surface area (Å²) >= 11 is 0. The first-order valence-corrected chi connectivity index (χ1v) is 6.72. The van der Waals surface area contributed by atoms with Crippen molar-refractivity contribution in [1.82, 2.24) is 0 Å². The lowest BCUT2D eigenvalue weighted by molar-refractivity contribution is 0.272. The maximum Gasteiger partial charge on any atom is 0.128 e. The fourth-order valence-corrected chi connectivity index (χ4v) is 1.51. The Labute approximate surface area is 116 Å². The lowest BCUT2D eigenvalue weighted by Gasteiger charge is -2.10. The molecule has 108 valence electrons. The van der Waals surface area contributed by atoms with Gasteiger partial charge in [0, 0.05) is 11.6 Å². The quantitative estimate of drug-likeness (QED) is 0.600. The van der Waals surface area contributed by atoms with E-state index >= 15 is 0 Å². The van der Waals surface area contributed by atoms with Crippen LogP contribution in [0.25, 0.3) is 0 Å². The lowest BCUT2D eigenvalue weighted by atomic mass is 10.2. The van der Waals surface area contributed by atoms with Gasteiger partial charge in [-0.05, 0) is 31.9 Å². The van der Waals surface area contributed by atoms with Gasteiger partial charge in [0.2, 0.25) is 0 Å².